The highest BCUT2D eigenvalue weighted by molar-refractivity contribution is 6.33. The standard InChI is InChI=1S/C11H11ClN4O2/c1-6(10(17)16-11(14)18)15-9-4-7(5-13)2-3-8(9)12/h2-4,6,15H,1H3,(H3,14,16,17,18). The zero-order chi connectivity index (χ0) is 13.7. The first kappa shape index (κ1) is 13.8. The molecule has 1 atom stereocenters. The van der Waals surface area contributed by atoms with Crippen molar-refractivity contribution in [1.29, 1.82) is 5.26 Å². The molecule has 0 aliphatic rings. The molecule has 0 bridgehead atoms. The Bertz CT molecular complexity index is 524. The van der Waals surface area contributed by atoms with Gasteiger partial charge in [-0.25, -0.2) is 4.79 Å². The maximum Gasteiger partial charge on any atom is 0.318 e. The van der Waals surface area contributed by atoms with E-state index in [9.17, 15) is 9.59 Å². The summed E-state index contributed by atoms with van der Waals surface area (Å²) in [5, 5.41) is 13.8. The fourth-order valence-corrected chi connectivity index (χ4v) is 1.41. The van der Waals surface area contributed by atoms with Gasteiger partial charge in [0.1, 0.15) is 6.04 Å². The molecule has 0 aliphatic heterocycles. The summed E-state index contributed by atoms with van der Waals surface area (Å²) in [7, 11) is 0. The molecular formula is C11H11ClN4O2. The number of nitrogens with one attached hydrogen (secondary N) is 2. The molecule has 1 unspecified atom stereocenters. The average molecular weight is 267 g/mol. The van der Waals surface area contributed by atoms with E-state index in [0.29, 0.717) is 16.3 Å². The second kappa shape index (κ2) is 5.89. The molecular weight excluding hydrogens is 256 g/mol. The van der Waals surface area contributed by atoms with Crippen molar-refractivity contribution < 1.29 is 9.59 Å². The highest BCUT2D eigenvalue weighted by Crippen LogP contribution is 2.23. The van der Waals surface area contributed by atoms with Gasteiger partial charge >= 0.3 is 6.03 Å². The molecule has 7 heteroatoms. The zero-order valence-corrected chi connectivity index (χ0v) is 10.3. The number of urea groups is 1. The van der Waals surface area contributed by atoms with Crippen molar-refractivity contribution in [3.63, 3.8) is 0 Å². The molecule has 0 radical (unpaired) electrons. The third kappa shape index (κ3) is 3.64. The van der Waals surface area contributed by atoms with Crippen LogP contribution in [-0.4, -0.2) is 18.0 Å². The Morgan fingerprint density at radius 2 is 2.17 bits per heavy atom. The summed E-state index contributed by atoms with van der Waals surface area (Å²) in [6.45, 7) is 1.54. The molecule has 0 aromatic heterocycles. The number of nitrogens with two attached hydrogens (primary N) is 1. The molecule has 0 fully saturated rings. The van der Waals surface area contributed by atoms with Crippen LogP contribution in [0.1, 0.15) is 12.5 Å². The molecule has 1 aromatic rings. The quantitative estimate of drug-likeness (QED) is 0.764. The van der Waals surface area contributed by atoms with E-state index in [2.05, 4.69) is 5.32 Å². The van der Waals surface area contributed by atoms with Gasteiger partial charge in [0.25, 0.3) is 0 Å². The Labute approximate surface area is 109 Å². The maximum absolute atomic E-state index is 11.4. The Morgan fingerprint density at radius 3 is 2.72 bits per heavy atom. The molecule has 0 saturated carbocycles. The molecule has 3 amide bonds. The van der Waals surface area contributed by atoms with Crippen LogP contribution in [0, 0.1) is 11.3 Å². The number of imide groups is 1. The summed E-state index contributed by atoms with van der Waals surface area (Å²) in [6.07, 6.45) is 0. The Morgan fingerprint density at radius 1 is 1.50 bits per heavy atom. The third-order valence-electron chi connectivity index (χ3n) is 2.11. The molecule has 18 heavy (non-hydrogen) atoms. The highest BCUT2D eigenvalue weighted by atomic mass is 35.5. The van der Waals surface area contributed by atoms with Gasteiger partial charge in [0.05, 0.1) is 22.3 Å². The third-order valence-corrected chi connectivity index (χ3v) is 2.44. The zero-order valence-electron chi connectivity index (χ0n) is 9.53. The van der Waals surface area contributed by atoms with Gasteiger partial charge in [-0.15, -0.1) is 0 Å². The van der Waals surface area contributed by atoms with Gasteiger partial charge in [-0.05, 0) is 25.1 Å². The number of nitriles is 1. The second-order valence-electron chi connectivity index (χ2n) is 3.53. The van der Waals surface area contributed by atoms with Crippen molar-refractivity contribution in [2.45, 2.75) is 13.0 Å². The van der Waals surface area contributed by atoms with Crippen LogP contribution >= 0.6 is 11.6 Å². The first-order chi connectivity index (χ1) is 8.43. The maximum atomic E-state index is 11.4. The summed E-state index contributed by atoms with van der Waals surface area (Å²) in [5.41, 5.74) is 5.67. The van der Waals surface area contributed by atoms with Crippen LogP contribution < -0.4 is 16.4 Å². The van der Waals surface area contributed by atoms with Gasteiger partial charge in [-0.3, -0.25) is 10.1 Å². The van der Waals surface area contributed by atoms with Gasteiger partial charge in [0.2, 0.25) is 5.91 Å². The first-order valence-electron chi connectivity index (χ1n) is 5.00. The Hall–Kier alpha value is -2.26. The minimum Gasteiger partial charge on any atom is -0.373 e. The lowest BCUT2D eigenvalue weighted by Crippen LogP contribution is -2.43. The lowest BCUT2D eigenvalue weighted by Gasteiger charge is -2.15. The smallest absolute Gasteiger partial charge is 0.318 e. The predicted molar refractivity (Wildman–Crippen MR) is 67.0 cm³/mol. The molecule has 0 saturated heterocycles. The molecule has 0 spiro atoms. The number of primary amides is 1. The van der Waals surface area contributed by atoms with Crippen molar-refractivity contribution in [2.24, 2.45) is 5.73 Å². The lowest BCUT2D eigenvalue weighted by molar-refractivity contribution is -0.120. The van der Waals surface area contributed by atoms with Crippen molar-refractivity contribution in [1.82, 2.24) is 5.32 Å². The summed E-state index contributed by atoms with van der Waals surface area (Å²) >= 11 is 5.91. The van der Waals surface area contributed by atoms with Gasteiger partial charge in [0.15, 0.2) is 0 Å². The van der Waals surface area contributed by atoms with Crippen LogP contribution in [0.5, 0.6) is 0 Å². The largest absolute Gasteiger partial charge is 0.373 e. The molecule has 0 heterocycles. The number of nitrogens with zero attached hydrogens (tertiary/aromatic N) is 1. The van der Waals surface area contributed by atoms with Crippen LogP contribution in [-0.2, 0) is 4.79 Å². The first-order valence-corrected chi connectivity index (χ1v) is 5.38. The SMILES string of the molecule is CC(Nc1cc(C#N)ccc1Cl)C(=O)NC(N)=O. The van der Waals surface area contributed by atoms with E-state index in [1.54, 1.807) is 12.1 Å². The Kier molecular flexibility index (Phi) is 4.52. The number of rotatable bonds is 3. The molecule has 0 aliphatic carbocycles. The summed E-state index contributed by atoms with van der Waals surface area (Å²) in [6, 6.07) is 4.92. The summed E-state index contributed by atoms with van der Waals surface area (Å²) in [5.74, 6) is -0.582. The van der Waals surface area contributed by atoms with E-state index in [-0.39, 0.29) is 0 Å². The van der Waals surface area contributed by atoms with Crippen LogP contribution in [0.25, 0.3) is 0 Å². The summed E-state index contributed by atoms with van der Waals surface area (Å²) < 4.78 is 0. The Balaban J connectivity index is 2.81. The van der Waals surface area contributed by atoms with Gasteiger partial charge in [-0.1, -0.05) is 11.6 Å². The number of carbonyl (C=O) groups is 2. The number of amides is 3. The minimum atomic E-state index is -0.925. The van der Waals surface area contributed by atoms with E-state index in [1.807, 2.05) is 11.4 Å². The normalized spacial score (nSPS) is 11.2. The molecule has 1 rings (SSSR count). The van der Waals surface area contributed by atoms with Crippen LogP contribution in [0.3, 0.4) is 0 Å². The van der Waals surface area contributed by atoms with E-state index >= 15 is 0 Å². The monoisotopic (exact) mass is 266 g/mol. The number of benzene rings is 1. The van der Waals surface area contributed by atoms with Crippen molar-refractivity contribution in [2.75, 3.05) is 5.32 Å². The second-order valence-corrected chi connectivity index (χ2v) is 3.93. The van der Waals surface area contributed by atoms with E-state index in [4.69, 9.17) is 22.6 Å². The van der Waals surface area contributed by atoms with Gasteiger partial charge in [0, 0.05) is 0 Å². The van der Waals surface area contributed by atoms with Crippen LogP contribution in [0.4, 0.5) is 10.5 Å². The minimum absolute atomic E-state index is 0.368. The number of hydrogen-bond donors (Lipinski definition) is 3. The fraction of sp³-hybridized carbons (Fsp3) is 0.182. The van der Waals surface area contributed by atoms with Crippen molar-refractivity contribution >= 4 is 29.2 Å². The molecule has 6 nitrogen and oxygen atoms in total. The van der Waals surface area contributed by atoms with Crippen LogP contribution in [0.2, 0.25) is 5.02 Å². The molecule has 1 aromatic carbocycles. The lowest BCUT2D eigenvalue weighted by atomic mass is 10.2. The van der Waals surface area contributed by atoms with Gasteiger partial charge < -0.3 is 11.1 Å². The van der Waals surface area contributed by atoms with E-state index in [0.717, 1.165) is 0 Å². The number of carbonyl (C=O) groups excluding carboxylic acids is 2. The van der Waals surface area contributed by atoms with Gasteiger partial charge in [-0.2, -0.15) is 5.26 Å². The highest BCUT2D eigenvalue weighted by Gasteiger charge is 2.15. The van der Waals surface area contributed by atoms with E-state index < -0.39 is 18.0 Å². The molecule has 94 valence electrons. The average Bonchev–Trinajstić information content (AvgIpc) is 2.31. The number of halogens is 1. The number of anilines is 1. The fourth-order valence-electron chi connectivity index (χ4n) is 1.23. The van der Waals surface area contributed by atoms with E-state index in [1.165, 1.54) is 13.0 Å². The van der Waals surface area contributed by atoms with Crippen LogP contribution in [0.15, 0.2) is 18.2 Å². The number of hydrogen-bond acceptors (Lipinski definition) is 4. The topological polar surface area (TPSA) is 108 Å². The van der Waals surface area contributed by atoms with Crippen molar-refractivity contribution in [3.05, 3.63) is 28.8 Å². The summed E-state index contributed by atoms with van der Waals surface area (Å²) in [4.78, 5) is 22.0. The van der Waals surface area contributed by atoms with Crippen molar-refractivity contribution in [3.8, 4) is 6.07 Å². The molecule has 4 N–H and O–H groups in total. The predicted octanol–water partition coefficient (Wildman–Crippen LogP) is 1.21.